The van der Waals surface area contributed by atoms with E-state index in [1.54, 1.807) is 0 Å². The molecule has 0 unspecified atom stereocenters. The number of aliphatic hydroxyl groups is 1. The number of rotatable bonds is 2. The predicted octanol–water partition coefficient (Wildman–Crippen LogP) is 1.66. The van der Waals surface area contributed by atoms with Gasteiger partial charge >= 0.3 is 0 Å². The first-order valence-corrected chi connectivity index (χ1v) is 6.97. The van der Waals surface area contributed by atoms with Crippen molar-refractivity contribution in [2.75, 3.05) is 0 Å². The molecule has 116 valence electrons. The van der Waals surface area contributed by atoms with E-state index in [0.717, 1.165) is 17.2 Å². The highest BCUT2D eigenvalue weighted by molar-refractivity contribution is 5.52. The topological polar surface area (TPSA) is 109 Å². The minimum Gasteiger partial charge on any atom is -0.458 e. The lowest BCUT2D eigenvalue weighted by Gasteiger charge is -2.24. The first-order valence-electron chi connectivity index (χ1n) is 6.97. The van der Waals surface area contributed by atoms with E-state index in [2.05, 4.69) is 0 Å². The molecule has 0 amide bonds. The molecule has 0 fully saturated rings. The fraction of sp³-hybridized carbons (Fsp3) is 0.176. The normalized spacial score (nSPS) is 16.5. The van der Waals surface area contributed by atoms with Crippen LogP contribution in [-0.2, 0) is 6.61 Å². The molecule has 0 aliphatic carbocycles. The van der Waals surface area contributed by atoms with Crippen LogP contribution in [0.15, 0.2) is 51.0 Å². The lowest BCUT2D eigenvalue weighted by molar-refractivity contribution is 0.231. The average Bonchev–Trinajstić information content (AvgIpc) is 2.54. The van der Waals surface area contributed by atoms with Crippen LogP contribution >= 0.6 is 0 Å². The van der Waals surface area contributed by atoms with Gasteiger partial charge in [0.25, 0.3) is 0 Å². The van der Waals surface area contributed by atoms with E-state index in [-0.39, 0.29) is 28.7 Å². The molecule has 1 atom stereocenters. The quantitative estimate of drug-likeness (QED) is 0.873. The molecule has 1 aromatic carbocycles. The summed E-state index contributed by atoms with van der Waals surface area (Å²) >= 11 is 0. The van der Waals surface area contributed by atoms with E-state index in [1.165, 1.54) is 0 Å². The molecular formula is C17H14N2O4. The summed E-state index contributed by atoms with van der Waals surface area (Å²) in [5.74, 6) is -0.533. The van der Waals surface area contributed by atoms with Crippen molar-refractivity contribution in [3.63, 3.8) is 0 Å². The minimum absolute atomic E-state index is 0.0507. The maximum atomic E-state index is 12.2. The second-order valence-corrected chi connectivity index (χ2v) is 5.27. The Hall–Kier alpha value is -3.04. The largest absolute Gasteiger partial charge is 0.458 e. The number of nitriles is 1. The second kappa shape index (κ2) is 5.63. The fourth-order valence-corrected chi connectivity index (χ4v) is 2.64. The highest BCUT2D eigenvalue weighted by Gasteiger charge is 2.35. The monoisotopic (exact) mass is 310 g/mol. The standard InChI is InChI=1S/C17H14N2O4/c1-9-3-2-4-10(5-9)14-12(7-18)17(19)23-15-13(21)6-11(8-20)22-16(14)15/h2-6,14,20H,8,19H2,1H3/t14-/m0/s1. The molecule has 6 nitrogen and oxygen atoms in total. The molecule has 6 heteroatoms. The Morgan fingerprint density at radius 1 is 1.39 bits per heavy atom. The summed E-state index contributed by atoms with van der Waals surface area (Å²) < 4.78 is 10.9. The third kappa shape index (κ3) is 2.47. The number of ether oxygens (including phenoxy) is 1. The van der Waals surface area contributed by atoms with Gasteiger partial charge in [0.15, 0.2) is 5.76 Å². The van der Waals surface area contributed by atoms with Crippen molar-refractivity contribution in [1.29, 1.82) is 5.26 Å². The van der Waals surface area contributed by atoms with Gasteiger partial charge in [-0.1, -0.05) is 29.8 Å². The van der Waals surface area contributed by atoms with Crippen LogP contribution in [0.4, 0.5) is 0 Å². The van der Waals surface area contributed by atoms with E-state index in [0.29, 0.717) is 0 Å². The van der Waals surface area contributed by atoms with E-state index >= 15 is 0 Å². The molecule has 3 N–H and O–H groups in total. The van der Waals surface area contributed by atoms with Gasteiger partial charge in [-0.05, 0) is 12.5 Å². The van der Waals surface area contributed by atoms with Gasteiger partial charge < -0.3 is 20.0 Å². The lowest BCUT2D eigenvalue weighted by atomic mass is 9.87. The van der Waals surface area contributed by atoms with Gasteiger partial charge in [0, 0.05) is 6.07 Å². The summed E-state index contributed by atoms with van der Waals surface area (Å²) in [7, 11) is 0. The zero-order valence-electron chi connectivity index (χ0n) is 12.4. The molecule has 0 saturated heterocycles. The highest BCUT2D eigenvalue weighted by Crippen LogP contribution is 2.40. The maximum absolute atomic E-state index is 12.2. The zero-order valence-corrected chi connectivity index (χ0v) is 12.4. The van der Waals surface area contributed by atoms with Crippen molar-refractivity contribution < 1.29 is 14.3 Å². The minimum atomic E-state index is -0.650. The van der Waals surface area contributed by atoms with Crippen molar-refractivity contribution in [1.82, 2.24) is 0 Å². The van der Waals surface area contributed by atoms with Crippen LogP contribution < -0.4 is 15.9 Å². The summed E-state index contributed by atoms with van der Waals surface area (Å²) in [5.41, 5.74) is 7.28. The molecule has 2 aromatic rings. The van der Waals surface area contributed by atoms with Gasteiger partial charge in [0.1, 0.15) is 24.0 Å². The van der Waals surface area contributed by atoms with Crippen molar-refractivity contribution in [2.45, 2.75) is 19.4 Å². The fourth-order valence-electron chi connectivity index (χ4n) is 2.64. The third-order valence-electron chi connectivity index (χ3n) is 3.66. The molecule has 23 heavy (non-hydrogen) atoms. The van der Waals surface area contributed by atoms with Gasteiger partial charge in [-0.3, -0.25) is 4.79 Å². The van der Waals surface area contributed by atoms with E-state index in [9.17, 15) is 15.2 Å². The summed E-state index contributed by atoms with van der Waals surface area (Å²) in [6.07, 6.45) is 0. The number of aryl methyl sites for hydroxylation is 1. The Morgan fingerprint density at radius 3 is 2.83 bits per heavy atom. The maximum Gasteiger partial charge on any atom is 0.228 e. The average molecular weight is 310 g/mol. The smallest absolute Gasteiger partial charge is 0.228 e. The first kappa shape index (κ1) is 14.9. The SMILES string of the molecule is Cc1cccc([C@H]2C(C#N)=C(N)Oc3c2oc(CO)cc3=O)c1. The Labute approximate surface area is 132 Å². The van der Waals surface area contributed by atoms with Gasteiger partial charge in [-0.2, -0.15) is 5.26 Å². The number of fused-ring (bicyclic) bond motifs is 1. The van der Waals surface area contributed by atoms with Crippen LogP contribution in [-0.4, -0.2) is 5.11 Å². The lowest BCUT2D eigenvalue weighted by Crippen LogP contribution is -2.25. The van der Waals surface area contributed by atoms with Crippen LogP contribution in [0.5, 0.6) is 5.75 Å². The Morgan fingerprint density at radius 2 is 2.17 bits per heavy atom. The number of nitrogens with two attached hydrogens (primary N) is 1. The first-order chi connectivity index (χ1) is 11.0. The Kier molecular flexibility index (Phi) is 3.64. The Balaban J connectivity index is 2.31. The molecular weight excluding hydrogens is 296 g/mol. The number of hydrogen-bond acceptors (Lipinski definition) is 6. The molecule has 0 spiro atoms. The number of allylic oxidation sites excluding steroid dienone is 1. The second-order valence-electron chi connectivity index (χ2n) is 5.27. The highest BCUT2D eigenvalue weighted by atomic mass is 16.5. The molecule has 0 saturated carbocycles. The van der Waals surface area contributed by atoms with Crippen molar-refractivity contribution in [3.8, 4) is 11.8 Å². The summed E-state index contributed by atoms with van der Waals surface area (Å²) in [4.78, 5) is 12.2. The van der Waals surface area contributed by atoms with Crippen molar-refractivity contribution in [2.24, 2.45) is 5.73 Å². The third-order valence-corrected chi connectivity index (χ3v) is 3.66. The predicted molar refractivity (Wildman–Crippen MR) is 81.4 cm³/mol. The number of hydrogen-bond donors (Lipinski definition) is 2. The molecule has 1 aliphatic rings. The van der Waals surface area contributed by atoms with Gasteiger partial charge in [-0.15, -0.1) is 0 Å². The van der Waals surface area contributed by atoms with Crippen LogP contribution in [0.2, 0.25) is 0 Å². The van der Waals surface area contributed by atoms with E-state index < -0.39 is 18.0 Å². The molecule has 1 aliphatic heterocycles. The van der Waals surface area contributed by atoms with Crippen molar-refractivity contribution >= 4 is 0 Å². The van der Waals surface area contributed by atoms with Gasteiger partial charge in [0.2, 0.25) is 17.1 Å². The van der Waals surface area contributed by atoms with Crippen LogP contribution in [0, 0.1) is 18.3 Å². The van der Waals surface area contributed by atoms with E-state index in [4.69, 9.17) is 14.9 Å². The van der Waals surface area contributed by atoms with Gasteiger partial charge in [0.05, 0.1) is 5.92 Å². The summed E-state index contributed by atoms with van der Waals surface area (Å²) in [5, 5.41) is 18.7. The molecule has 1 aromatic heterocycles. The van der Waals surface area contributed by atoms with Crippen LogP contribution in [0.1, 0.15) is 28.6 Å². The van der Waals surface area contributed by atoms with Crippen LogP contribution in [0.25, 0.3) is 0 Å². The number of benzene rings is 1. The molecule has 2 heterocycles. The molecule has 0 radical (unpaired) electrons. The van der Waals surface area contributed by atoms with E-state index in [1.807, 2.05) is 37.3 Å². The number of nitrogens with zero attached hydrogens (tertiary/aromatic N) is 1. The zero-order chi connectivity index (χ0) is 16.6. The molecule has 0 bridgehead atoms. The Bertz CT molecular complexity index is 906. The molecule has 3 rings (SSSR count). The van der Waals surface area contributed by atoms with Crippen LogP contribution in [0.3, 0.4) is 0 Å². The van der Waals surface area contributed by atoms with Gasteiger partial charge in [-0.25, -0.2) is 0 Å². The number of aliphatic hydroxyl groups excluding tert-OH is 1. The van der Waals surface area contributed by atoms with Crippen molar-refractivity contribution in [3.05, 3.63) is 74.7 Å². The summed E-state index contributed by atoms with van der Waals surface area (Å²) in [6, 6.07) is 10.6. The summed E-state index contributed by atoms with van der Waals surface area (Å²) in [6.45, 7) is 1.49.